The third-order valence-corrected chi connectivity index (χ3v) is 0. The predicted molar refractivity (Wildman–Crippen MR) is 50.2 cm³/mol. The van der Waals surface area contributed by atoms with Crippen molar-refractivity contribution in [3.63, 3.8) is 0 Å². The van der Waals surface area contributed by atoms with Crippen LogP contribution in [0.15, 0.2) is 0 Å². The Morgan fingerprint density at radius 3 is 0.625 bits per heavy atom. The molecule has 0 rings (SSSR count). The van der Waals surface area contributed by atoms with Crippen molar-refractivity contribution in [2.24, 2.45) is 0 Å². The lowest BCUT2D eigenvalue weighted by molar-refractivity contribution is 1.50. The molecule has 0 unspecified atom stereocenters. The van der Waals surface area contributed by atoms with Gasteiger partial charge < -0.3 is 0 Å². The van der Waals surface area contributed by atoms with Gasteiger partial charge in [0.15, 0.2) is 0 Å². The van der Waals surface area contributed by atoms with Crippen LogP contribution in [0.3, 0.4) is 0 Å². The molecular formula is C6H18S2. The van der Waals surface area contributed by atoms with E-state index in [-0.39, 0.29) is 0 Å². The molecule has 0 aromatic heterocycles. The van der Waals surface area contributed by atoms with Gasteiger partial charge in [0, 0.05) is 0 Å². The first kappa shape index (κ1) is 15.9. The van der Waals surface area contributed by atoms with Crippen molar-refractivity contribution >= 4 is 23.5 Å². The van der Waals surface area contributed by atoms with Gasteiger partial charge in [-0.1, -0.05) is 13.8 Å². The van der Waals surface area contributed by atoms with Crippen LogP contribution in [0.4, 0.5) is 0 Å². The first-order valence-electron chi connectivity index (χ1n) is 2.63. The highest BCUT2D eigenvalue weighted by Gasteiger charge is 1.33. The average Bonchev–Trinajstić information content (AvgIpc) is 1.75. The summed E-state index contributed by atoms with van der Waals surface area (Å²) < 4.78 is 0. The third-order valence-electron chi connectivity index (χ3n) is 0. The van der Waals surface area contributed by atoms with Crippen LogP contribution in [0.2, 0.25) is 0 Å². The van der Waals surface area contributed by atoms with Crippen molar-refractivity contribution in [3.05, 3.63) is 0 Å². The molecule has 2 heteroatoms. The largest absolute Gasteiger partial charge is 0.169 e. The minimum Gasteiger partial charge on any atom is -0.169 e. The lowest BCUT2D eigenvalue weighted by Crippen LogP contribution is -1.25. The second-order valence-corrected chi connectivity index (χ2v) is 2.45. The highest BCUT2D eigenvalue weighted by atomic mass is 32.2. The molecule has 0 atom stereocenters. The maximum absolute atomic E-state index is 2.04. The van der Waals surface area contributed by atoms with Crippen LogP contribution in [-0.4, -0.2) is 25.0 Å². The van der Waals surface area contributed by atoms with Crippen molar-refractivity contribution in [1.29, 1.82) is 0 Å². The van der Waals surface area contributed by atoms with Gasteiger partial charge in [-0.05, 0) is 25.0 Å². The molecule has 0 saturated carbocycles. The van der Waals surface area contributed by atoms with Crippen LogP contribution in [0, 0.1) is 0 Å². The van der Waals surface area contributed by atoms with Gasteiger partial charge in [0.2, 0.25) is 0 Å². The standard InChI is InChI=1S/2C2H6S.C2H6/c2*1-3-2;1-2/h2*1-2H3;1-2H3. The highest BCUT2D eigenvalue weighted by Crippen LogP contribution is 1.70. The van der Waals surface area contributed by atoms with Crippen LogP contribution in [0.5, 0.6) is 0 Å². The van der Waals surface area contributed by atoms with E-state index in [0.717, 1.165) is 0 Å². The van der Waals surface area contributed by atoms with Crippen molar-refractivity contribution < 1.29 is 0 Å². The Morgan fingerprint density at radius 1 is 0.625 bits per heavy atom. The molecule has 0 aromatic carbocycles. The van der Waals surface area contributed by atoms with Gasteiger partial charge in [0.1, 0.15) is 0 Å². The molecular weight excluding hydrogens is 136 g/mol. The van der Waals surface area contributed by atoms with Crippen LogP contribution >= 0.6 is 23.5 Å². The van der Waals surface area contributed by atoms with Crippen LogP contribution < -0.4 is 0 Å². The van der Waals surface area contributed by atoms with E-state index in [4.69, 9.17) is 0 Å². The second-order valence-electron chi connectivity index (χ2n) is 0.816. The zero-order valence-electron chi connectivity index (χ0n) is 6.82. The summed E-state index contributed by atoms with van der Waals surface area (Å²) in [5.74, 6) is 0. The maximum atomic E-state index is 2.04. The van der Waals surface area contributed by atoms with E-state index in [1.54, 1.807) is 23.5 Å². The van der Waals surface area contributed by atoms with Crippen LogP contribution in [0.25, 0.3) is 0 Å². The second kappa shape index (κ2) is 47.4. The third kappa shape index (κ3) is 444. The van der Waals surface area contributed by atoms with Crippen LogP contribution in [0.1, 0.15) is 13.8 Å². The zero-order valence-corrected chi connectivity index (χ0v) is 8.45. The molecule has 54 valence electrons. The molecule has 0 amide bonds. The molecule has 0 radical (unpaired) electrons. The van der Waals surface area contributed by atoms with Crippen LogP contribution in [-0.2, 0) is 0 Å². The summed E-state index contributed by atoms with van der Waals surface area (Å²) in [6.07, 6.45) is 8.17. The quantitative estimate of drug-likeness (QED) is 0.526. The fourth-order valence-electron chi connectivity index (χ4n) is 0. The van der Waals surface area contributed by atoms with E-state index in [1.807, 2.05) is 38.9 Å². The number of thioether (sulfide) groups is 2. The average molecular weight is 154 g/mol. The number of hydrogen-bond donors (Lipinski definition) is 0. The normalized spacial score (nSPS) is 5.25. The zero-order chi connectivity index (χ0) is 7.41. The van der Waals surface area contributed by atoms with E-state index < -0.39 is 0 Å². The monoisotopic (exact) mass is 154 g/mol. The van der Waals surface area contributed by atoms with Gasteiger partial charge in [-0.15, -0.1) is 0 Å². The molecule has 0 bridgehead atoms. The molecule has 0 aromatic rings. The number of rotatable bonds is 0. The summed E-state index contributed by atoms with van der Waals surface area (Å²) >= 11 is 3.50. The summed E-state index contributed by atoms with van der Waals surface area (Å²) in [5, 5.41) is 0. The summed E-state index contributed by atoms with van der Waals surface area (Å²) in [6.45, 7) is 4.00. The van der Waals surface area contributed by atoms with Crippen molar-refractivity contribution in [3.8, 4) is 0 Å². The fourth-order valence-corrected chi connectivity index (χ4v) is 0. The predicted octanol–water partition coefficient (Wildman–Crippen LogP) is 2.98. The Bertz CT molecular complexity index is 8.49. The summed E-state index contributed by atoms with van der Waals surface area (Å²) in [4.78, 5) is 0. The molecule has 8 heavy (non-hydrogen) atoms. The Kier molecular flexibility index (Phi) is 94.1. The molecule has 0 saturated heterocycles. The topological polar surface area (TPSA) is 0 Å². The molecule has 0 spiro atoms. The minimum absolute atomic E-state index is 1.75. The Labute approximate surface area is 62.8 Å². The van der Waals surface area contributed by atoms with Gasteiger partial charge in [-0.3, -0.25) is 0 Å². The first-order chi connectivity index (χ1) is 3.83. The van der Waals surface area contributed by atoms with E-state index >= 15 is 0 Å². The molecule has 0 heterocycles. The van der Waals surface area contributed by atoms with E-state index in [2.05, 4.69) is 0 Å². The Balaban J connectivity index is -0.0000000483. The van der Waals surface area contributed by atoms with Gasteiger partial charge in [-0.2, -0.15) is 23.5 Å². The van der Waals surface area contributed by atoms with Gasteiger partial charge >= 0.3 is 0 Å². The van der Waals surface area contributed by atoms with E-state index in [0.29, 0.717) is 0 Å². The van der Waals surface area contributed by atoms with Crippen molar-refractivity contribution in [1.82, 2.24) is 0 Å². The highest BCUT2D eigenvalue weighted by molar-refractivity contribution is 7.98. The van der Waals surface area contributed by atoms with Gasteiger partial charge in [0.05, 0.1) is 0 Å². The molecule has 0 aliphatic heterocycles. The first-order valence-corrected chi connectivity index (χ1v) is 5.90. The fraction of sp³-hybridized carbons (Fsp3) is 1.00. The molecule has 0 aliphatic rings. The van der Waals surface area contributed by atoms with Crippen molar-refractivity contribution in [2.75, 3.05) is 25.0 Å². The Hall–Kier alpha value is 0.700. The SMILES string of the molecule is CC.CSC.CSC. The molecule has 0 N–H and O–H groups in total. The summed E-state index contributed by atoms with van der Waals surface area (Å²) in [6, 6.07) is 0. The van der Waals surface area contributed by atoms with E-state index in [9.17, 15) is 0 Å². The summed E-state index contributed by atoms with van der Waals surface area (Å²) in [7, 11) is 0. The summed E-state index contributed by atoms with van der Waals surface area (Å²) in [5.41, 5.74) is 0. The van der Waals surface area contributed by atoms with E-state index in [1.165, 1.54) is 0 Å². The smallest absolute Gasteiger partial charge is 0.0187 e. The van der Waals surface area contributed by atoms with Gasteiger partial charge in [0.25, 0.3) is 0 Å². The maximum Gasteiger partial charge on any atom is -0.0187 e. The molecule has 0 aliphatic carbocycles. The number of hydrogen-bond acceptors (Lipinski definition) is 2. The Morgan fingerprint density at radius 2 is 0.625 bits per heavy atom. The lowest BCUT2D eigenvalue weighted by atomic mass is 11.0. The van der Waals surface area contributed by atoms with Crippen molar-refractivity contribution in [2.45, 2.75) is 13.8 Å². The minimum atomic E-state index is 1.75. The molecule has 0 fully saturated rings. The molecule has 0 nitrogen and oxygen atoms in total. The lowest BCUT2D eigenvalue weighted by Gasteiger charge is -1.51. The van der Waals surface area contributed by atoms with Gasteiger partial charge in [-0.25, -0.2) is 0 Å².